The largest absolute Gasteiger partial charge is 0.416 e. The molecule has 0 saturated heterocycles. The molecular weight excluding hydrogens is 312 g/mol. The zero-order valence-corrected chi connectivity index (χ0v) is 18.1. The summed E-state index contributed by atoms with van der Waals surface area (Å²) in [4.78, 5) is 13.3. The Hall–Kier alpha value is -0.413. The number of carbonyl (C=O) groups is 1. The third kappa shape index (κ3) is 3.19. The molecule has 0 aromatic carbocycles. The van der Waals surface area contributed by atoms with Crippen molar-refractivity contribution in [2.45, 2.75) is 91.3 Å². The Morgan fingerprint density at radius 3 is 2.38 bits per heavy atom. The van der Waals surface area contributed by atoms with Crippen molar-refractivity contribution in [1.82, 2.24) is 0 Å². The second kappa shape index (κ2) is 6.39. The Labute approximate surface area is 150 Å². The van der Waals surface area contributed by atoms with E-state index < -0.39 is 8.32 Å². The van der Waals surface area contributed by atoms with Crippen LogP contribution in [0.3, 0.4) is 0 Å². The predicted molar refractivity (Wildman–Crippen MR) is 105 cm³/mol. The summed E-state index contributed by atoms with van der Waals surface area (Å²) in [6, 6.07) is 0. The minimum absolute atomic E-state index is 0.0768. The van der Waals surface area contributed by atoms with Gasteiger partial charge >= 0.3 is 0 Å². The highest BCUT2D eigenvalue weighted by Crippen LogP contribution is 2.59. The number of carbonyl (C=O) groups excluding carboxylic acids is 1. The van der Waals surface area contributed by atoms with Crippen molar-refractivity contribution in [2.75, 3.05) is 6.61 Å². The maximum Gasteiger partial charge on any atom is 0.192 e. The molecule has 0 aromatic heterocycles. The van der Waals surface area contributed by atoms with E-state index in [1.165, 1.54) is 12.0 Å². The molecule has 2 rings (SSSR count). The van der Waals surface area contributed by atoms with Crippen molar-refractivity contribution in [2.24, 2.45) is 16.7 Å². The van der Waals surface area contributed by atoms with Gasteiger partial charge in [0.15, 0.2) is 8.32 Å². The minimum atomic E-state index is -1.87. The Morgan fingerprint density at radius 1 is 1.29 bits per heavy atom. The van der Waals surface area contributed by atoms with Crippen LogP contribution in [0, 0.1) is 16.7 Å². The van der Waals surface area contributed by atoms with E-state index in [0.29, 0.717) is 24.7 Å². The highest BCUT2D eigenvalue weighted by molar-refractivity contribution is 6.74. The minimum Gasteiger partial charge on any atom is -0.416 e. The first-order chi connectivity index (χ1) is 10.9. The number of hydrogen-bond donors (Lipinski definition) is 0. The van der Waals surface area contributed by atoms with Gasteiger partial charge in [-0.15, -0.1) is 0 Å². The van der Waals surface area contributed by atoms with Crippen LogP contribution in [0.2, 0.25) is 18.1 Å². The van der Waals surface area contributed by atoms with E-state index in [2.05, 4.69) is 54.3 Å². The van der Waals surface area contributed by atoms with Crippen LogP contribution < -0.4 is 0 Å². The van der Waals surface area contributed by atoms with Crippen LogP contribution in [0.25, 0.3) is 0 Å². The van der Waals surface area contributed by atoms with Gasteiger partial charge in [-0.2, -0.15) is 0 Å². The second-order valence-corrected chi connectivity index (χ2v) is 15.0. The van der Waals surface area contributed by atoms with E-state index in [-0.39, 0.29) is 15.9 Å². The smallest absolute Gasteiger partial charge is 0.192 e. The fraction of sp³-hybridized carbons (Fsp3) is 0.857. The topological polar surface area (TPSA) is 26.3 Å². The summed E-state index contributed by atoms with van der Waals surface area (Å²) >= 11 is 0. The molecule has 2 fully saturated rings. The Morgan fingerprint density at radius 2 is 1.92 bits per heavy atom. The SMILES string of the molecule is C=C1CCC[C@]1(C)[C@@]1(CO[Si](C)(C)C(C)(C)C)CC[C@H](C)CC1=O. The first-order valence-electron chi connectivity index (χ1n) is 9.71. The van der Waals surface area contributed by atoms with Crippen LogP contribution in [0.1, 0.15) is 73.1 Å². The summed E-state index contributed by atoms with van der Waals surface area (Å²) < 4.78 is 6.65. The van der Waals surface area contributed by atoms with Crippen LogP contribution >= 0.6 is 0 Å². The van der Waals surface area contributed by atoms with Gasteiger partial charge in [-0.05, 0) is 56.2 Å². The van der Waals surface area contributed by atoms with Gasteiger partial charge < -0.3 is 4.43 Å². The van der Waals surface area contributed by atoms with E-state index in [0.717, 1.165) is 25.7 Å². The number of hydrogen-bond acceptors (Lipinski definition) is 2. The zero-order chi connectivity index (χ0) is 18.4. The summed E-state index contributed by atoms with van der Waals surface area (Å²) in [6.45, 7) is 20.9. The van der Waals surface area contributed by atoms with Crippen molar-refractivity contribution >= 4 is 14.1 Å². The van der Waals surface area contributed by atoms with Crippen LogP contribution in [0.4, 0.5) is 0 Å². The standard InChI is InChI=1S/C21H38O2Si/c1-16-11-13-21(18(22)14-16,20(6)12-9-10-17(20)2)15-23-24(7,8)19(3,4)5/h16H,2,9-15H2,1,3-8H3/t16-,20-,21+/m0/s1. The van der Waals surface area contributed by atoms with Crippen molar-refractivity contribution < 1.29 is 9.22 Å². The summed E-state index contributed by atoms with van der Waals surface area (Å²) in [5.74, 6) is 0.947. The summed E-state index contributed by atoms with van der Waals surface area (Å²) in [6.07, 6.45) is 6.14. The average molecular weight is 351 g/mol. The quantitative estimate of drug-likeness (QED) is 0.450. The highest BCUT2D eigenvalue weighted by atomic mass is 28.4. The molecule has 3 atom stereocenters. The van der Waals surface area contributed by atoms with E-state index in [4.69, 9.17) is 4.43 Å². The van der Waals surface area contributed by atoms with E-state index in [9.17, 15) is 4.79 Å². The Kier molecular flexibility index (Phi) is 5.30. The maximum absolute atomic E-state index is 13.3. The highest BCUT2D eigenvalue weighted by Gasteiger charge is 2.57. The molecule has 0 aromatic rings. The molecular formula is C21H38O2Si. The van der Waals surface area contributed by atoms with Gasteiger partial charge in [-0.1, -0.05) is 46.8 Å². The van der Waals surface area contributed by atoms with E-state index in [1.807, 2.05) is 0 Å². The van der Waals surface area contributed by atoms with Crippen molar-refractivity contribution in [1.29, 1.82) is 0 Å². The molecule has 0 N–H and O–H groups in total. The number of rotatable bonds is 4. The van der Waals surface area contributed by atoms with Crippen LogP contribution in [0.5, 0.6) is 0 Å². The van der Waals surface area contributed by atoms with E-state index >= 15 is 0 Å². The first-order valence-corrected chi connectivity index (χ1v) is 12.6. The number of Topliss-reactive ketones (excluding diaryl/α,β-unsaturated/α-hetero) is 1. The third-order valence-corrected chi connectivity index (χ3v) is 12.1. The lowest BCUT2D eigenvalue weighted by Crippen LogP contribution is -2.54. The molecule has 2 nitrogen and oxygen atoms in total. The van der Waals surface area contributed by atoms with Gasteiger partial charge in [0.25, 0.3) is 0 Å². The van der Waals surface area contributed by atoms with Gasteiger partial charge in [-0.3, -0.25) is 4.79 Å². The monoisotopic (exact) mass is 350 g/mol. The molecule has 24 heavy (non-hydrogen) atoms. The van der Waals surface area contributed by atoms with Gasteiger partial charge in [0.1, 0.15) is 5.78 Å². The van der Waals surface area contributed by atoms with Gasteiger partial charge in [0, 0.05) is 18.4 Å². The van der Waals surface area contributed by atoms with Crippen LogP contribution in [0.15, 0.2) is 12.2 Å². The maximum atomic E-state index is 13.3. The predicted octanol–water partition coefficient (Wildman–Crippen LogP) is 6.13. The second-order valence-electron chi connectivity index (χ2n) is 10.2. The molecule has 0 unspecified atom stereocenters. The van der Waals surface area contributed by atoms with Crippen molar-refractivity contribution in [3.8, 4) is 0 Å². The fourth-order valence-corrected chi connectivity index (χ4v) is 5.39. The molecule has 2 aliphatic carbocycles. The van der Waals surface area contributed by atoms with E-state index in [1.54, 1.807) is 0 Å². The summed E-state index contributed by atoms with van der Waals surface area (Å²) in [5.41, 5.74) is 0.860. The van der Waals surface area contributed by atoms with Gasteiger partial charge in [0.2, 0.25) is 0 Å². The molecule has 0 spiro atoms. The molecule has 0 amide bonds. The molecule has 0 aliphatic heterocycles. The molecule has 138 valence electrons. The molecule has 0 bridgehead atoms. The lowest BCUT2D eigenvalue weighted by atomic mass is 9.54. The molecule has 2 saturated carbocycles. The fourth-order valence-electron chi connectivity index (χ4n) is 4.35. The normalized spacial score (nSPS) is 35.5. The van der Waals surface area contributed by atoms with Gasteiger partial charge in [-0.25, -0.2) is 0 Å². The molecule has 0 heterocycles. The average Bonchev–Trinajstić information content (AvgIpc) is 2.78. The number of allylic oxidation sites excluding steroid dienone is 1. The lowest BCUT2D eigenvalue weighted by Gasteiger charge is -2.51. The molecule has 3 heteroatoms. The lowest BCUT2D eigenvalue weighted by molar-refractivity contribution is -0.144. The Bertz CT molecular complexity index is 516. The number of ketones is 1. The molecule has 0 radical (unpaired) electrons. The van der Waals surface area contributed by atoms with Crippen molar-refractivity contribution in [3.63, 3.8) is 0 Å². The van der Waals surface area contributed by atoms with Crippen molar-refractivity contribution in [3.05, 3.63) is 12.2 Å². The zero-order valence-electron chi connectivity index (χ0n) is 17.1. The van der Waals surface area contributed by atoms with Gasteiger partial charge in [0.05, 0.1) is 5.41 Å². The van der Waals surface area contributed by atoms with Crippen LogP contribution in [-0.4, -0.2) is 20.7 Å². The third-order valence-electron chi connectivity index (χ3n) is 7.61. The first kappa shape index (κ1) is 19.9. The summed E-state index contributed by atoms with van der Waals surface area (Å²) in [7, 11) is -1.87. The molecule has 2 aliphatic rings. The Balaban J connectivity index is 2.35. The summed E-state index contributed by atoms with van der Waals surface area (Å²) in [5, 5.41) is 0.173. The van der Waals surface area contributed by atoms with Crippen LogP contribution in [-0.2, 0) is 9.22 Å².